The molecule has 0 N–H and O–H groups in total. The fourth-order valence-corrected chi connectivity index (χ4v) is 7.00. The monoisotopic (exact) mass is 376 g/mol. The largest absolute Gasteiger partial charge is 0.375 e. The Balaban J connectivity index is 1.42. The van der Waals surface area contributed by atoms with Crippen molar-refractivity contribution in [1.29, 1.82) is 0 Å². The summed E-state index contributed by atoms with van der Waals surface area (Å²) in [6, 6.07) is 0. The van der Waals surface area contributed by atoms with E-state index in [1.54, 1.807) is 19.3 Å². The molecule has 3 rings (SSSR count). The third-order valence-corrected chi connectivity index (χ3v) is 8.46. The molecule has 0 aromatic rings. The average Bonchev–Trinajstić information content (AvgIpc) is 2.68. The van der Waals surface area contributed by atoms with Gasteiger partial charge in [-0.25, -0.2) is 0 Å². The van der Waals surface area contributed by atoms with Crippen molar-refractivity contribution in [2.75, 3.05) is 0 Å². The summed E-state index contributed by atoms with van der Waals surface area (Å²) < 4.78 is 6.49. The molecule has 7 unspecified atom stereocenters. The number of hydrogen-bond donors (Lipinski definition) is 0. The Morgan fingerprint density at radius 3 is 2.15 bits per heavy atom. The summed E-state index contributed by atoms with van der Waals surface area (Å²) in [6.07, 6.45) is 24.1. The molecule has 0 heterocycles. The van der Waals surface area contributed by atoms with Gasteiger partial charge >= 0.3 is 0 Å². The first-order valence-electron chi connectivity index (χ1n) is 12.9. The predicted molar refractivity (Wildman–Crippen MR) is 117 cm³/mol. The average molecular weight is 377 g/mol. The van der Waals surface area contributed by atoms with E-state index in [0.717, 1.165) is 29.6 Å². The lowest BCUT2D eigenvalue weighted by Crippen LogP contribution is -2.43. The summed E-state index contributed by atoms with van der Waals surface area (Å²) >= 11 is 0. The molecule has 0 aromatic heterocycles. The van der Waals surface area contributed by atoms with E-state index in [2.05, 4.69) is 20.8 Å². The standard InChI is InChI=1S/C26H48O/c1-4-6-8-10-20(3)27-24-15-17-26-23(19-24)14-13-22-18-21(11-9-7-5-2)12-16-25(22)26/h20-26H,4-19H2,1-3H3. The minimum absolute atomic E-state index is 0.480. The second-order valence-corrected chi connectivity index (χ2v) is 10.5. The first-order valence-corrected chi connectivity index (χ1v) is 12.9. The third-order valence-electron chi connectivity index (χ3n) is 8.46. The molecule has 3 aliphatic carbocycles. The van der Waals surface area contributed by atoms with Crippen LogP contribution in [0, 0.1) is 29.6 Å². The molecule has 1 nitrogen and oxygen atoms in total. The summed E-state index contributed by atoms with van der Waals surface area (Å²) in [4.78, 5) is 0. The van der Waals surface area contributed by atoms with Crippen LogP contribution in [0.25, 0.3) is 0 Å². The predicted octanol–water partition coefficient (Wildman–Crippen LogP) is 8.16. The molecular weight excluding hydrogens is 328 g/mol. The maximum atomic E-state index is 6.49. The van der Waals surface area contributed by atoms with Crippen molar-refractivity contribution in [3.63, 3.8) is 0 Å². The normalized spacial score (nSPS) is 37.4. The van der Waals surface area contributed by atoms with Gasteiger partial charge < -0.3 is 4.74 Å². The van der Waals surface area contributed by atoms with Gasteiger partial charge in [0.25, 0.3) is 0 Å². The van der Waals surface area contributed by atoms with Crippen molar-refractivity contribution in [3.8, 4) is 0 Å². The van der Waals surface area contributed by atoms with Gasteiger partial charge in [-0.1, -0.05) is 65.2 Å². The van der Waals surface area contributed by atoms with Gasteiger partial charge in [-0.3, -0.25) is 0 Å². The van der Waals surface area contributed by atoms with Crippen LogP contribution < -0.4 is 0 Å². The Morgan fingerprint density at radius 1 is 0.741 bits per heavy atom. The minimum Gasteiger partial charge on any atom is -0.375 e. The summed E-state index contributed by atoms with van der Waals surface area (Å²) in [6.45, 7) is 6.95. The molecule has 0 bridgehead atoms. The zero-order chi connectivity index (χ0) is 19.1. The molecule has 3 aliphatic rings. The highest BCUT2D eigenvalue weighted by molar-refractivity contribution is 4.94. The Labute approximate surface area is 170 Å². The number of unbranched alkanes of at least 4 members (excludes halogenated alkanes) is 4. The molecule has 0 aliphatic heterocycles. The Morgan fingerprint density at radius 2 is 1.41 bits per heavy atom. The van der Waals surface area contributed by atoms with Crippen LogP contribution in [-0.4, -0.2) is 12.2 Å². The van der Waals surface area contributed by atoms with Gasteiger partial charge in [0.2, 0.25) is 0 Å². The Hall–Kier alpha value is -0.0400. The zero-order valence-electron chi connectivity index (χ0n) is 18.8. The van der Waals surface area contributed by atoms with Gasteiger partial charge in [-0.05, 0) is 87.9 Å². The molecule has 1 heteroatoms. The maximum Gasteiger partial charge on any atom is 0.0581 e. The highest BCUT2D eigenvalue weighted by atomic mass is 16.5. The van der Waals surface area contributed by atoms with Crippen LogP contribution in [0.15, 0.2) is 0 Å². The number of rotatable bonds is 10. The summed E-state index contributed by atoms with van der Waals surface area (Å²) in [5.74, 6) is 5.27. The molecular formula is C26H48O. The van der Waals surface area contributed by atoms with Crippen LogP contribution in [0.1, 0.15) is 124 Å². The van der Waals surface area contributed by atoms with Gasteiger partial charge in [-0.15, -0.1) is 0 Å². The van der Waals surface area contributed by atoms with E-state index in [1.165, 1.54) is 83.5 Å². The fourth-order valence-electron chi connectivity index (χ4n) is 7.00. The molecule has 0 radical (unpaired) electrons. The first-order chi connectivity index (χ1) is 13.2. The van der Waals surface area contributed by atoms with Crippen LogP contribution in [0.4, 0.5) is 0 Å². The van der Waals surface area contributed by atoms with Crippen LogP contribution in [0.3, 0.4) is 0 Å². The molecule has 3 fully saturated rings. The van der Waals surface area contributed by atoms with E-state index in [-0.39, 0.29) is 0 Å². The molecule has 3 saturated carbocycles. The molecule has 0 amide bonds. The number of hydrogen-bond acceptors (Lipinski definition) is 1. The highest BCUT2D eigenvalue weighted by Crippen LogP contribution is 2.53. The van der Waals surface area contributed by atoms with Crippen molar-refractivity contribution in [3.05, 3.63) is 0 Å². The van der Waals surface area contributed by atoms with E-state index >= 15 is 0 Å². The van der Waals surface area contributed by atoms with E-state index in [1.807, 2.05) is 0 Å². The fraction of sp³-hybridized carbons (Fsp3) is 1.00. The molecule has 27 heavy (non-hydrogen) atoms. The minimum atomic E-state index is 0.480. The Bertz CT molecular complexity index is 405. The molecule has 0 spiro atoms. The smallest absolute Gasteiger partial charge is 0.0581 e. The lowest BCUT2D eigenvalue weighted by Gasteiger charge is -2.51. The van der Waals surface area contributed by atoms with Crippen molar-refractivity contribution >= 4 is 0 Å². The third kappa shape index (κ3) is 6.22. The lowest BCUT2D eigenvalue weighted by molar-refractivity contribution is -0.0774. The van der Waals surface area contributed by atoms with Crippen molar-refractivity contribution in [2.45, 2.75) is 136 Å². The second-order valence-electron chi connectivity index (χ2n) is 10.5. The molecule has 0 saturated heterocycles. The first kappa shape index (κ1) is 21.7. The molecule has 0 aromatic carbocycles. The van der Waals surface area contributed by atoms with E-state index in [9.17, 15) is 0 Å². The zero-order valence-corrected chi connectivity index (χ0v) is 18.8. The van der Waals surface area contributed by atoms with Gasteiger partial charge in [0.05, 0.1) is 12.2 Å². The summed E-state index contributed by atoms with van der Waals surface area (Å²) in [5.41, 5.74) is 0. The quantitative estimate of drug-likeness (QED) is 0.349. The number of ether oxygens (including phenoxy) is 1. The van der Waals surface area contributed by atoms with Crippen LogP contribution in [-0.2, 0) is 4.74 Å². The lowest BCUT2D eigenvalue weighted by atomic mass is 9.56. The SMILES string of the molecule is CCCCCC1CCC2C(CCC3CC(OC(C)CCCCC)CCC32)C1. The molecule has 7 atom stereocenters. The summed E-state index contributed by atoms with van der Waals surface area (Å²) in [5, 5.41) is 0. The maximum absolute atomic E-state index is 6.49. The topological polar surface area (TPSA) is 9.23 Å². The Kier molecular flexibility index (Phi) is 9.01. The van der Waals surface area contributed by atoms with Gasteiger partial charge in [-0.2, -0.15) is 0 Å². The van der Waals surface area contributed by atoms with E-state index < -0.39 is 0 Å². The van der Waals surface area contributed by atoms with Crippen molar-refractivity contribution < 1.29 is 4.74 Å². The summed E-state index contributed by atoms with van der Waals surface area (Å²) in [7, 11) is 0. The van der Waals surface area contributed by atoms with Crippen molar-refractivity contribution in [1.82, 2.24) is 0 Å². The van der Waals surface area contributed by atoms with E-state index in [0.29, 0.717) is 12.2 Å². The highest BCUT2D eigenvalue weighted by Gasteiger charge is 2.44. The van der Waals surface area contributed by atoms with Crippen LogP contribution in [0.2, 0.25) is 0 Å². The van der Waals surface area contributed by atoms with Gasteiger partial charge in [0.1, 0.15) is 0 Å². The van der Waals surface area contributed by atoms with Crippen LogP contribution >= 0.6 is 0 Å². The van der Waals surface area contributed by atoms with Crippen LogP contribution in [0.5, 0.6) is 0 Å². The van der Waals surface area contributed by atoms with Gasteiger partial charge in [0.15, 0.2) is 0 Å². The molecule has 158 valence electrons. The van der Waals surface area contributed by atoms with Gasteiger partial charge in [0, 0.05) is 0 Å². The second kappa shape index (κ2) is 11.2. The van der Waals surface area contributed by atoms with E-state index in [4.69, 9.17) is 4.74 Å². The van der Waals surface area contributed by atoms with Crippen molar-refractivity contribution in [2.24, 2.45) is 29.6 Å². The number of fused-ring (bicyclic) bond motifs is 3.